The van der Waals surface area contributed by atoms with Gasteiger partial charge in [-0.3, -0.25) is 4.79 Å². The Labute approximate surface area is 112 Å². The lowest BCUT2D eigenvalue weighted by Gasteiger charge is -2.26. The number of rotatable bonds is 5. The van der Waals surface area contributed by atoms with E-state index in [0.29, 0.717) is 23.0 Å². The van der Waals surface area contributed by atoms with Crippen LogP contribution in [0.15, 0.2) is 18.2 Å². The number of carbonyl (C=O) groups is 1. The smallest absolute Gasteiger partial charge is 0.236 e. The summed E-state index contributed by atoms with van der Waals surface area (Å²) in [7, 11) is 0. The van der Waals surface area contributed by atoms with Crippen LogP contribution in [0.3, 0.4) is 0 Å². The Balaban J connectivity index is 3.05. The van der Waals surface area contributed by atoms with Gasteiger partial charge < -0.3 is 10.6 Å². The van der Waals surface area contributed by atoms with E-state index in [0.717, 1.165) is 5.69 Å². The largest absolute Gasteiger partial charge is 0.368 e. The van der Waals surface area contributed by atoms with E-state index in [1.807, 2.05) is 24.8 Å². The van der Waals surface area contributed by atoms with Crippen molar-refractivity contribution in [2.45, 2.75) is 13.8 Å². The fraction of sp³-hybridized carbons (Fsp3) is 0.385. The molecule has 0 saturated heterocycles. The van der Waals surface area contributed by atoms with Gasteiger partial charge in [-0.1, -0.05) is 25.4 Å². The third kappa shape index (κ3) is 3.94. The second-order valence-corrected chi connectivity index (χ2v) is 4.93. The molecule has 0 aromatic heterocycles. The lowest BCUT2D eigenvalue weighted by atomic mass is 10.1. The van der Waals surface area contributed by atoms with Crippen LogP contribution in [0.25, 0.3) is 0 Å². The summed E-state index contributed by atoms with van der Waals surface area (Å²) in [6, 6.07) is 7.03. The highest BCUT2D eigenvalue weighted by molar-refractivity contribution is 6.33. The average molecular weight is 266 g/mol. The van der Waals surface area contributed by atoms with Crippen molar-refractivity contribution in [2.24, 2.45) is 11.7 Å². The molecule has 2 N–H and O–H groups in total. The van der Waals surface area contributed by atoms with Crippen LogP contribution in [0.2, 0.25) is 5.02 Å². The van der Waals surface area contributed by atoms with Gasteiger partial charge in [0.1, 0.15) is 0 Å². The molecule has 4 nitrogen and oxygen atoms in total. The summed E-state index contributed by atoms with van der Waals surface area (Å²) in [6.07, 6.45) is 0. The van der Waals surface area contributed by atoms with Crippen molar-refractivity contribution in [2.75, 3.05) is 18.0 Å². The summed E-state index contributed by atoms with van der Waals surface area (Å²) < 4.78 is 0. The van der Waals surface area contributed by atoms with Gasteiger partial charge in [-0.25, -0.2) is 0 Å². The Morgan fingerprint density at radius 3 is 2.67 bits per heavy atom. The average Bonchev–Trinajstić information content (AvgIpc) is 2.26. The molecule has 96 valence electrons. The van der Waals surface area contributed by atoms with E-state index in [-0.39, 0.29) is 6.54 Å². The lowest BCUT2D eigenvalue weighted by molar-refractivity contribution is -0.116. The Kier molecular flexibility index (Phi) is 4.99. The monoisotopic (exact) mass is 265 g/mol. The Morgan fingerprint density at radius 2 is 2.22 bits per heavy atom. The summed E-state index contributed by atoms with van der Waals surface area (Å²) >= 11 is 6.12. The number of halogens is 1. The van der Waals surface area contributed by atoms with Crippen LogP contribution in [0, 0.1) is 17.2 Å². The number of amides is 1. The third-order valence-corrected chi connectivity index (χ3v) is 2.65. The first-order chi connectivity index (χ1) is 8.43. The van der Waals surface area contributed by atoms with Crippen molar-refractivity contribution in [3.05, 3.63) is 28.8 Å². The molecular formula is C13H16ClN3O. The number of hydrogen-bond donors (Lipinski definition) is 1. The van der Waals surface area contributed by atoms with Crippen LogP contribution in [-0.2, 0) is 4.79 Å². The number of anilines is 1. The van der Waals surface area contributed by atoms with E-state index in [1.165, 1.54) is 0 Å². The Hall–Kier alpha value is -1.73. The number of nitrogens with two attached hydrogens (primary N) is 1. The minimum Gasteiger partial charge on any atom is -0.368 e. The summed E-state index contributed by atoms with van der Waals surface area (Å²) in [6.45, 7) is 4.88. The molecule has 1 amide bonds. The number of hydrogen-bond acceptors (Lipinski definition) is 3. The molecule has 0 heterocycles. The zero-order chi connectivity index (χ0) is 13.7. The van der Waals surface area contributed by atoms with Crippen LogP contribution >= 0.6 is 11.6 Å². The number of carbonyl (C=O) groups excluding carboxylic acids is 1. The standard InChI is InChI=1S/C13H16ClN3O/c1-9(2)7-17(8-13(16)18)12-4-3-10(6-15)5-11(12)14/h3-5,9H,7-8H2,1-2H3,(H2,16,18). The minimum atomic E-state index is -0.406. The van der Waals surface area contributed by atoms with E-state index >= 15 is 0 Å². The van der Waals surface area contributed by atoms with Gasteiger partial charge in [-0.15, -0.1) is 0 Å². The highest BCUT2D eigenvalue weighted by Gasteiger charge is 2.14. The molecule has 0 saturated carbocycles. The molecule has 0 bridgehead atoms. The quantitative estimate of drug-likeness (QED) is 0.887. The Morgan fingerprint density at radius 1 is 1.56 bits per heavy atom. The molecule has 5 heteroatoms. The summed E-state index contributed by atoms with van der Waals surface area (Å²) in [5, 5.41) is 9.24. The van der Waals surface area contributed by atoms with Crippen LogP contribution < -0.4 is 10.6 Å². The number of nitriles is 1. The molecule has 0 aliphatic heterocycles. The van der Waals surface area contributed by atoms with Crippen molar-refractivity contribution in [3.8, 4) is 6.07 Å². The fourth-order valence-corrected chi connectivity index (χ4v) is 2.01. The minimum absolute atomic E-state index is 0.115. The SMILES string of the molecule is CC(C)CN(CC(N)=O)c1ccc(C#N)cc1Cl. The van der Waals surface area contributed by atoms with Gasteiger partial charge in [-0.05, 0) is 24.1 Å². The van der Waals surface area contributed by atoms with Gasteiger partial charge in [-0.2, -0.15) is 5.26 Å². The highest BCUT2D eigenvalue weighted by Crippen LogP contribution is 2.27. The maximum absolute atomic E-state index is 11.1. The number of benzene rings is 1. The molecule has 0 aliphatic carbocycles. The first kappa shape index (κ1) is 14.3. The van der Waals surface area contributed by atoms with Crippen LogP contribution in [0.5, 0.6) is 0 Å². The van der Waals surface area contributed by atoms with E-state index in [2.05, 4.69) is 0 Å². The zero-order valence-electron chi connectivity index (χ0n) is 10.5. The molecule has 0 fully saturated rings. The number of primary amides is 1. The molecule has 1 aromatic rings. The van der Waals surface area contributed by atoms with Crippen molar-refractivity contribution in [1.29, 1.82) is 5.26 Å². The lowest BCUT2D eigenvalue weighted by Crippen LogP contribution is -2.36. The maximum atomic E-state index is 11.1. The molecule has 0 spiro atoms. The van der Waals surface area contributed by atoms with Gasteiger partial charge in [0.15, 0.2) is 0 Å². The van der Waals surface area contributed by atoms with Crippen molar-refractivity contribution in [1.82, 2.24) is 0 Å². The molecule has 18 heavy (non-hydrogen) atoms. The van der Waals surface area contributed by atoms with Gasteiger partial charge in [0.25, 0.3) is 0 Å². The third-order valence-electron chi connectivity index (χ3n) is 2.35. The molecule has 0 atom stereocenters. The molecule has 0 radical (unpaired) electrons. The second kappa shape index (κ2) is 6.27. The predicted molar refractivity (Wildman–Crippen MR) is 72.4 cm³/mol. The zero-order valence-corrected chi connectivity index (χ0v) is 11.2. The highest BCUT2D eigenvalue weighted by atomic mass is 35.5. The van der Waals surface area contributed by atoms with Crippen LogP contribution in [-0.4, -0.2) is 19.0 Å². The predicted octanol–water partition coefficient (Wildman–Crippen LogP) is 2.16. The van der Waals surface area contributed by atoms with Gasteiger partial charge in [0, 0.05) is 6.54 Å². The van der Waals surface area contributed by atoms with Crippen molar-refractivity contribution < 1.29 is 4.79 Å². The molecular weight excluding hydrogens is 250 g/mol. The topological polar surface area (TPSA) is 70.1 Å². The second-order valence-electron chi connectivity index (χ2n) is 4.52. The van der Waals surface area contributed by atoms with E-state index in [1.54, 1.807) is 18.2 Å². The molecule has 1 rings (SSSR count). The van der Waals surface area contributed by atoms with Gasteiger partial charge in [0.05, 0.1) is 28.9 Å². The van der Waals surface area contributed by atoms with Crippen molar-refractivity contribution in [3.63, 3.8) is 0 Å². The first-order valence-corrected chi connectivity index (χ1v) is 6.04. The van der Waals surface area contributed by atoms with Crippen LogP contribution in [0.4, 0.5) is 5.69 Å². The fourth-order valence-electron chi connectivity index (χ4n) is 1.71. The number of nitrogens with zero attached hydrogens (tertiary/aromatic N) is 2. The summed E-state index contributed by atoms with van der Waals surface area (Å²) in [4.78, 5) is 12.9. The summed E-state index contributed by atoms with van der Waals surface area (Å²) in [5.74, 6) is -0.0351. The van der Waals surface area contributed by atoms with Crippen LogP contribution in [0.1, 0.15) is 19.4 Å². The summed E-state index contributed by atoms with van der Waals surface area (Å²) in [5.41, 5.74) is 6.45. The van der Waals surface area contributed by atoms with Gasteiger partial charge in [0.2, 0.25) is 5.91 Å². The van der Waals surface area contributed by atoms with Gasteiger partial charge >= 0.3 is 0 Å². The first-order valence-electron chi connectivity index (χ1n) is 5.67. The molecule has 0 aliphatic rings. The van der Waals surface area contributed by atoms with E-state index in [4.69, 9.17) is 22.6 Å². The molecule has 1 aromatic carbocycles. The van der Waals surface area contributed by atoms with E-state index in [9.17, 15) is 4.79 Å². The maximum Gasteiger partial charge on any atom is 0.236 e. The Bertz CT molecular complexity index is 480. The molecule has 0 unspecified atom stereocenters. The van der Waals surface area contributed by atoms with Crippen molar-refractivity contribution >= 4 is 23.2 Å². The van der Waals surface area contributed by atoms with E-state index < -0.39 is 5.91 Å². The normalized spacial score (nSPS) is 10.2.